The smallest absolute Gasteiger partial charge is 0.387 e. The molecule has 0 amide bonds. The van der Waals surface area contributed by atoms with Crippen LogP contribution in [0.3, 0.4) is 0 Å². The minimum atomic E-state index is -4.25. The first-order valence-corrected chi connectivity index (χ1v) is 7.88. The Hall–Kier alpha value is -1.62. The highest BCUT2D eigenvalue weighted by molar-refractivity contribution is 7.47. The zero-order valence-corrected chi connectivity index (χ0v) is 11.9. The molecule has 22 heavy (non-hydrogen) atoms. The van der Waals surface area contributed by atoms with Gasteiger partial charge < -0.3 is 20.5 Å². The normalized spacial score (nSPS) is 38.3. The summed E-state index contributed by atoms with van der Waals surface area (Å²) >= 11 is 0. The maximum atomic E-state index is 11.7. The number of hydrogen-bond acceptors (Lipinski definition) is 9. The molecule has 4 heterocycles. The van der Waals surface area contributed by atoms with Gasteiger partial charge in [0.1, 0.15) is 30.2 Å². The summed E-state index contributed by atoms with van der Waals surface area (Å²) in [5, 5.41) is 10.2. The Labute approximate surface area is 123 Å². The van der Waals surface area contributed by atoms with Gasteiger partial charge in [-0.15, -0.1) is 0 Å². The molecule has 12 heteroatoms. The lowest BCUT2D eigenvalue weighted by molar-refractivity contribution is -0.0676. The standard InChI is InChI=1S/C10H12N5O6P/c11-8-5-9(13-2-12-8)15(3-14-5)10-7-6(16)4(20-10)1-19-22(17,18)21-7/h2-4,6-7,10,16H,1H2,(H,17,18)(H2,11,12,13)/t4-,6-,7+,10?/m1/s1. The highest BCUT2D eigenvalue weighted by atomic mass is 31.2. The molecule has 0 aromatic carbocycles. The number of nitrogens with zero attached hydrogens (tertiary/aromatic N) is 4. The van der Waals surface area contributed by atoms with Crippen LogP contribution in [0.4, 0.5) is 5.82 Å². The zero-order chi connectivity index (χ0) is 15.5. The molecule has 2 fully saturated rings. The number of nitrogens with two attached hydrogens (primary N) is 1. The third-order valence-electron chi connectivity index (χ3n) is 3.63. The number of ether oxygens (including phenoxy) is 1. The van der Waals surface area contributed by atoms with Gasteiger partial charge in [0.15, 0.2) is 17.7 Å². The molecule has 0 radical (unpaired) electrons. The number of hydrogen-bond donors (Lipinski definition) is 3. The fourth-order valence-electron chi connectivity index (χ4n) is 2.60. The molecule has 0 aliphatic carbocycles. The lowest BCUT2D eigenvalue weighted by Gasteiger charge is -2.23. The fourth-order valence-corrected chi connectivity index (χ4v) is 3.53. The summed E-state index contributed by atoms with van der Waals surface area (Å²) in [6.07, 6.45) is -1.24. The number of aliphatic hydroxyl groups is 1. The number of aliphatic hydroxyl groups excluding tert-OH is 1. The minimum absolute atomic E-state index is 0.194. The van der Waals surface area contributed by atoms with E-state index in [-0.39, 0.29) is 12.4 Å². The number of nitrogen functional groups attached to an aromatic ring is 1. The van der Waals surface area contributed by atoms with Crippen molar-refractivity contribution in [1.82, 2.24) is 19.5 Å². The van der Waals surface area contributed by atoms with Crippen LogP contribution in [0.25, 0.3) is 11.2 Å². The van der Waals surface area contributed by atoms with Crippen molar-refractivity contribution in [3.63, 3.8) is 0 Å². The van der Waals surface area contributed by atoms with Crippen molar-refractivity contribution in [2.45, 2.75) is 24.5 Å². The Morgan fingerprint density at radius 2 is 2.23 bits per heavy atom. The molecule has 4 rings (SSSR count). The Bertz CT molecular complexity index is 782. The van der Waals surface area contributed by atoms with Crippen molar-refractivity contribution < 1.29 is 28.3 Å². The maximum absolute atomic E-state index is 11.7. The van der Waals surface area contributed by atoms with Gasteiger partial charge in [0.05, 0.1) is 12.9 Å². The summed E-state index contributed by atoms with van der Waals surface area (Å²) in [6.45, 7) is -0.258. The second-order valence-electron chi connectivity index (χ2n) is 4.97. The third-order valence-corrected chi connectivity index (χ3v) is 4.62. The maximum Gasteiger partial charge on any atom is 0.472 e. The SMILES string of the molecule is Nc1ncnc2c1ncn2C1O[C@@H]2COP(=O)(O)O[C@H]1[C@@H]2O. The van der Waals surface area contributed by atoms with Gasteiger partial charge in [-0.05, 0) is 0 Å². The van der Waals surface area contributed by atoms with Crippen LogP contribution in [0.2, 0.25) is 0 Å². The molecular weight excluding hydrogens is 317 g/mol. The lowest BCUT2D eigenvalue weighted by Crippen LogP contribution is -2.32. The zero-order valence-electron chi connectivity index (χ0n) is 11.0. The summed E-state index contributed by atoms with van der Waals surface area (Å²) in [6, 6.07) is 0. The Kier molecular flexibility index (Phi) is 2.98. The number of imidazole rings is 1. The van der Waals surface area contributed by atoms with Crippen LogP contribution in [-0.4, -0.2) is 54.4 Å². The number of fused-ring (bicyclic) bond motifs is 3. The van der Waals surface area contributed by atoms with Crippen LogP contribution in [0.1, 0.15) is 6.23 Å². The second kappa shape index (κ2) is 4.69. The first kappa shape index (κ1) is 14.0. The van der Waals surface area contributed by atoms with E-state index in [0.717, 1.165) is 0 Å². The molecular formula is C10H12N5O6P. The van der Waals surface area contributed by atoms with Crippen molar-refractivity contribution in [3.05, 3.63) is 12.7 Å². The van der Waals surface area contributed by atoms with E-state index in [2.05, 4.69) is 15.0 Å². The van der Waals surface area contributed by atoms with Crippen LogP contribution in [0.5, 0.6) is 0 Å². The Morgan fingerprint density at radius 1 is 1.41 bits per heavy atom. The molecule has 5 atom stereocenters. The molecule has 118 valence electrons. The molecule has 0 spiro atoms. The quantitative estimate of drug-likeness (QED) is 0.565. The molecule has 11 nitrogen and oxygen atoms in total. The predicted octanol–water partition coefficient (Wildman–Crippen LogP) is -0.817. The van der Waals surface area contributed by atoms with E-state index in [1.54, 1.807) is 0 Å². The number of aromatic nitrogens is 4. The van der Waals surface area contributed by atoms with Crippen molar-refractivity contribution in [1.29, 1.82) is 0 Å². The van der Waals surface area contributed by atoms with Crippen molar-refractivity contribution in [2.75, 3.05) is 12.3 Å². The predicted molar refractivity (Wildman–Crippen MR) is 70.3 cm³/mol. The van der Waals surface area contributed by atoms with Crippen LogP contribution in [0, 0.1) is 0 Å². The van der Waals surface area contributed by atoms with Crippen LogP contribution in [0.15, 0.2) is 12.7 Å². The Balaban J connectivity index is 1.79. The van der Waals surface area contributed by atoms with Gasteiger partial charge in [0.2, 0.25) is 0 Å². The van der Waals surface area contributed by atoms with Gasteiger partial charge in [0, 0.05) is 0 Å². The van der Waals surface area contributed by atoms with E-state index < -0.39 is 32.4 Å². The molecule has 2 aromatic heterocycles. The van der Waals surface area contributed by atoms with E-state index in [9.17, 15) is 14.6 Å². The van der Waals surface area contributed by atoms with Crippen molar-refractivity contribution in [3.8, 4) is 0 Å². The summed E-state index contributed by atoms with van der Waals surface area (Å²) < 4.78 is 28.5. The number of anilines is 1. The fraction of sp³-hybridized carbons (Fsp3) is 0.500. The van der Waals surface area contributed by atoms with Crippen LogP contribution >= 0.6 is 7.82 Å². The van der Waals surface area contributed by atoms with E-state index in [1.807, 2.05) is 0 Å². The van der Waals surface area contributed by atoms with E-state index in [1.165, 1.54) is 17.2 Å². The molecule has 2 aliphatic heterocycles. The number of phosphoric ester groups is 1. The highest BCUT2D eigenvalue weighted by Gasteiger charge is 2.52. The summed E-state index contributed by atoms with van der Waals surface area (Å²) in [7, 11) is -4.25. The van der Waals surface area contributed by atoms with Crippen molar-refractivity contribution in [2.24, 2.45) is 0 Å². The van der Waals surface area contributed by atoms with E-state index in [4.69, 9.17) is 19.5 Å². The van der Waals surface area contributed by atoms with Gasteiger partial charge in [-0.1, -0.05) is 0 Å². The average Bonchev–Trinajstić information content (AvgIpc) is 2.97. The third kappa shape index (κ3) is 2.02. The molecule has 2 aliphatic rings. The van der Waals surface area contributed by atoms with Crippen LogP contribution in [-0.2, 0) is 18.3 Å². The molecule has 2 saturated heterocycles. The summed E-state index contributed by atoms with van der Waals surface area (Å²) in [5.41, 5.74) is 6.45. The number of phosphoric acid groups is 1. The topological polar surface area (TPSA) is 155 Å². The molecule has 2 unspecified atom stereocenters. The highest BCUT2D eigenvalue weighted by Crippen LogP contribution is 2.52. The summed E-state index contributed by atoms with van der Waals surface area (Å²) in [4.78, 5) is 21.5. The average molecular weight is 329 g/mol. The largest absolute Gasteiger partial charge is 0.472 e. The number of rotatable bonds is 1. The second-order valence-corrected chi connectivity index (χ2v) is 6.38. The molecule has 2 aromatic rings. The van der Waals surface area contributed by atoms with Crippen LogP contribution < -0.4 is 5.73 Å². The first-order valence-electron chi connectivity index (χ1n) is 6.38. The van der Waals surface area contributed by atoms with E-state index >= 15 is 0 Å². The van der Waals surface area contributed by atoms with Gasteiger partial charge >= 0.3 is 7.82 Å². The van der Waals surface area contributed by atoms with Gasteiger partial charge in [-0.2, -0.15) is 0 Å². The summed E-state index contributed by atoms with van der Waals surface area (Å²) in [5.74, 6) is 0.194. The van der Waals surface area contributed by atoms with Gasteiger partial charge in [-0.3, -0.25) is 13.6 Å². The molecule has 2 bridgehead atoms. The van der Waals surface area contributed by atoms with Gasteiger partial charge in [0.25, 0.3) is 0 Å². The first-order chi connectivity index (χ1) is 10.5. The molecule has 4 N–H and O–H groups in total. The Morgan fingerprint density at radius 3 is 3.05 bits per heavy atom. The monoisotopic (exact) mass is 329 g/mol. The van der Waals surface area contributed by atoms with Gasteiger partial charge in [-0.25, -0.2) is 19.5 Å². The lowest BCUT2D eigenvalue weighted by atomic mass is 10.1. The minimum Gasteiger partial charge on any atom is -0.387 e. The van der Waals surface area contributed by atoms with E-state index in [0.29, 0.717) is 11.2 Å². The van der Waals surface area contributed by atoms with Crippen molar-refractivity contribution >= 4 is 24.8 Å². The molecule has 0 saturated carbocycles.